The van der Waals surface area contributed by atoms with Crippen molar-refractivity contribution in [2.75, 3.05) is 13.7 Å². The van der Waals surface area contributed by atoms with Crippen LogP contribution in [0.15, 0.2) is 48.5 Å². The molecule has 0 spiro atoms. The Kier molecular flexibility index (Phi) is 4.66. The third kappa shape index (κ3) is 3.66. The summed E-state index contributed by atoms with van der Waals surface area (Å²) in [5, 5.41) is 19.1. The predicted octanol–water partition coefficient (Wildman–Crippen LogP) is 2.43. The van der Waals surface area contributed by atoms with Crippen LogP contribution in [0.2, 0.25) is 0 Å². The van der Waals surface area contributed by atoms with E-state index in [2.05, 4.69) is 0 Å². The molecule has 0 aromatic heterocycles. The number of benzene rings is 2. The molecule has 2 aromatic rings. The highest BCUT2D eigenvalue weighted by Gasteiger charge is 2.25. The lowest BCUT2D eigenvalue weighted by molar-refractivity contribution is -0.143. The molecule has 0 aliphatic carbocycles. The van der Waals surface area contributed by atoms with Crippen molar-refractivity contribution in [2.24, 2.45) is 0 Å². The van der Waals surface area contributed by atoms with Gasteiger partial charge in [0.1, 0.15) is 29.8 Å². The number of hydrogen-bond acceptors (Lipinski definition) is 5. The van der Waals surface area contributed by atoms with Crippen molar-refractivity contribution >= 4 is 5.97 Å². The Balaban J connectivity index is 2.16. The monoisotopic (exact) mass is 288 g/mol. The second-order valence-electron chi connectivity index (χ2n) is 4.44. The zero-order valence-electron chi connectivity index (χ0n) is 11.5. The van der Waals surface area contributed by atoms with Crippen LogP contribution in [0.25, 0.3) is 0 Å². The Labute approximate surface area is 122 Å². The fraction of sp³-hybridized carbons (Fsp3) is 0.188. The molecule has 0 aliphatic rings. The molecule has 2 rings (SSSR count). The van der Waals surface area contributed by atoms with E-state index >= 15 is 0 Å². The molecule has 5 heteroatoms. The van der Waals surface area contributed by atoms with E-state index in [1.54, 1.807) is 30.3 Å². The first-order chi connectivity index (χ1) is 10.1. The van der Waals surface area contributed by atoms with Crippen molar-refractivity contribution in [2.45, 2.75) is 5.92 Å². The molecule has 0 heterocycles. The summed E-state index contributed by atoms with van der Waals surface area (Å²) in [6.07, 6.45) is 0. The van der Waals surface area contributed by atoms with Gasteiger partial charge in [-0.2, -0.15) is 0 Å². The minimum absolute atomic E-state index is 0.0159. The van der Waals surface area contributed by atoms with Crippen molar-refractivity contribution < 1.29 is 24.5 Å². The maximum absolute atomic E-state index is 11.9. The van der Waals surface area contributed by atoms with E-state index in [0.717, 1.165) is 0 Å². The maximum Gasteiger partial charge on any atom is 0.316 e. The van der Waals surface area contributed by atoms with Crippen molar-refractivity contribution in [3.05, 3.63) is 54.1 Å². The number of ether oxygens (including phenoxy) is 2. The zero-order valence-corrected chi connectivity index (χ0v) is 11.5. The van der Waals surface area contributed by atoms with E-state index in [9.17, 15) is 15.0 Å². The Morgan fingerprint density at radius 3 is 2.38 bits per heavy atom. The van der Waals surface area contributed by atoms with Gasteiger partial charge in [0, 0.05) is 5.56 Å². The summed E-state index contributed by atoms with van der Waals surface area (Å²) in [6.45, 7) is 0.0228. The molecule has 110 valence electrons. The second-order valence-corrected chi connectivity index (χ2v) is 4.44. The fourth-order valence-corrected chi connectivity index (χ4v) is 1.93. The molecule has 21 heavy (non-hydrogen) atoms. The van der Waals surface area contributed by atoms with Gasteiger partial charge in [-0.25, -0.2) is 0 Å². The number of carbonyl (C=O) groups excluding carboxylic acids is 1. The fourth-order valence-electron chi connectivity index (χ4n) is 1.93. The number of carbonyl (C=O) groups is 1. The molecule has 0 saturated carbocycles. The molecule has 0 aliphatic heterocycles. The van der Waals surface area contributed by atoms with E-state index in [-0.39, 0.29) is 18.1 Å². The largest absolute Gasteiger partial charge is 0.508 e. The quantitative estimate of drug-likeness (QED) is 0.826. The number of phenolic OH excluding ortho intramolecular Hbond substituents is 2. The van der Waals surface area contributed by atoms with Gasteiger partial charge >= 0.3 is 5.97 Å². The van der Waals surface area contributed by atoms with E-state index in [4.69, 9.17) is 9.47 Å². The van der Waals surface area contributed by atoms with Gasteiger partial charge in [0.25, 0.3) is 0 Å². The van der Waals surface area contributed by atoms with Crippen LogP contribution in [0.3, 0.4) is 0 Å². The first-order valence-corrected chi connectivity index (χ1v) is 6.39. The molecule has 0 radical (unpaired) electrons. The highest BCUT2D eigenvalue weighted by atomic mass is 16.5. The third-order valence-corrected chi connectivity index (χ3v) is 3.05. The molecule has 0 fully saturated rings. The summed E-state index contributed by atoms with van der Waals surface area (Å²) < 4.78 is 10.3. The van der Waals surface area contributed by atoms with Gasteiger partial charge in [0.2, 0.25) is 0 Å². The number of methoxy groups -OCH3 is 1. The van der Waals surface area contributed by atoms with Crippen LogP contribution >= 0.6 is 0 Å². The van der Waals surface area contributed by atoms with E-state index in [1.165, 1.54) is 25.3 Å². The Morgan fingerprint density at radius 1 is 1.10 bits per heavy atom. The summed E-state index contributed by atoms with van der Waals surface area (Å²) in [7, 11) is 1.29. The average molecular weight is 288 g/mol. The maximum atomic E-state index is 11.9. The Hall–Kier alpha value is -2.69. The molecular weight excluding hydrogens is 272 g/mol. The molecule has 1 atom stereocenters. The number of aromatic hydroxyl groups is 2. The highest BCUT2D eigenvalue weighted by molar-refractivity contribution is 5.79. The zero-order chi connectivity index (χ0) is 15.2. The lowest BCUT2D eigenvalue weighted by atomic mass is 9.99. The number of rotatable bonds is 5. The first-order valence-electron chi connectivity index (χ1n) is 6.39. The van der Waals surface area contributed by atoms with Gasteiger partial charge in [-0.05, 0) is 30.3 Å². The van der Waals surface area contributed by atoms with Gasteiger partial charge in [0.15, 0.2) is 0 Å². The first kappa shape index (κ1) is 14.7. The van der Waals surface area contributed by atoms with Crippen LogP contribution in [-0.4, -0.2) is 29.9 Å². The van der Waals surface area contributed by atoms with Crippen molar-refractivity contribution in [3.8, 4) is 17.2 Å². The summed E-state index contributed by atoms with van der Waals surface area (Å²) in [5.74, 6) is -0.563. The molecule has 0 saturated heterocycles. The summed E-state index contributed by atoms with van der Waals surface area (Å²) in [5.41, 5.74) is 0.447. The topological polar surface area (TPSA) is 76.0 Å². The number of para-hydroxylation sites is 1. The van der Waals surface area contributed by atoms with E-state index in [1.807, 2.05) is 0 Å². The summed E-state index contributed by atoms with van der Waals surface area (Å²) >= 11 is 0. The van der Waals surface area contributed by atoms with Gasteiger partial charge < -0.3 is 19.7 Å². The lowest BCUT2D eigenvalue weighted by Gasteiger charge is -2.17. The predicted molar refractivity (Wildman–Crippen MR) is 76.5 cm³/mol. The van der Waals surface area contributed by atoms with Crippen LogP contribution in [0.1, 0.15) is 11.5 Å². The Bertz CT molecular complexity index is 606. The van der Waals surface area contributed by atoms with Crippen LogP contribution in [0.5, 0.6) is 17.2 Å². The Morgan fingerprint density at radius 2 is 1.76 bits per heavy atom. The normalized spacial score (nSPS) is 11.7. The van der Waals surface area contributed by atoms with E-state index in [0.29, 0.717) is 11.3 Å². The number of phenols is 2. The molecular formula is C16H16O5. The molecule has 0 amide bonds. The van der Waals surface area contributed by atoms with Crippen LogP contribution in [0, 0.1) is 0 Å². The van der Waals surface area contributed by atoms with Gasteiger partial charge in [-0.3, -0.25) is 4.79 Å². The van der Waals surface area contributed by atoms with Crippen molar-refractivity contribution in [3.63, 3.8) is 0 Å². The van der Waals surface area contributed by atoms with Gasteiger partial charge in [0.05, 0.1) is 7.11 Å². The smallest absolute Gasteiger partial charge is 0.316 e. The molecule has 2 N–H and O–H groups in total. The molecule has 5 nitrogen and oxygen atoms in total. The van der Waals surface area contributed by atoms with E-state index < -0.39 is 11.9 Å². The second kappa shape index (κ2) is 6.65. The average Bonchev–Trinajstić information content (AvgIpc) is 2.50. The van der Waals surface area contributed by atoms with Gasteiger partial charge in [-0.15, -0.1) is 0 Å². The van der Waals surface area contributed by atoms with Crippen molar-refractivity contribution in [1.29, 1.82) is 0 Å². The standard InChI is InChI=1S/C16H16O5/c1-20-16(19)14(13-4-2-3-5-15(13)18)10-21-12-8-6-11(17)7-9-12/h2-9,14,17-18H,10H2,1H3. The molecule has 1 unspecified atom stereocenters. The SMILES string of the molecule is COC(=O)C(COc1ccc(O)cc1)c1ccccc1O. The summed E-state index contributed by atoms with van der Waals surface area (Å²) in [6, 6.07) is 12.7. The van der Waals surface area contributed by atoms with Gasteiger partial charge in [-0.1, -0.05) is 18.2 Å². The number of esters is 1. The lowest BCUT2D eigenvalue weighted by Crippen LogP contribution is -2.21. The minimum atomic E-state index is -0.731. The summed E-state index contributed by atoms with van der Waals surface area (Å²) in [4.78, 5) is 11.9. The number of hydrogen-bond donors (Lipinski definition) is 2. The minimum Gasteiger partial charge on any atom is -0.508 e. The third-order valence-electron chi connectivity index (χ3n) is 3.05. The molecule has 0 bridgehead atoms. The van der Waals surface area contributed by atoms with Crippen LogP contribution in [-0.2, 0) is 9.53 Å². The highest BCUT2D eigenvalue weighted by Crippen LogP contribution is 2.27. The molecule has 2 aromatic carbocycles. The van der Waals surface area contributed by atoms with Crippen molar-refractivity contribution in [1.82, 2.24) is 0 Å². The van der Waals surface area contributed by atoms with Crippen LogP contribution < -0.4 is 4.74 Å². The van der Waals surface area contributed by atoms with Crippen LogP contribution in [0.4, 0.5) is 0 Å².